The molecule has 0 aromatic heterocycles. The standard InChI is InChI=1S/C3H7N5O/c4-1-6-2(5)8-3(9)7-1/h1H,4H2,(H4,5,6,7,8,9). The molecule has 6 heteroatoms. The number of guanidine groups is 1. The van der Waals surface area contributed by atoms with Gasteiger partial charge in [-0.3, -0.25) is 11.1 Å². The van der Waals surface area contributed by atoms with Gasteiger partial charge in [0.1, 0.15) is 0 Å². The van der Waals surface area contributed by atoms with Crippen LogP contribution in [0.4, 0.5) is 4.79 Å². The van der Waals surface area contributed by atoms with E-state index in [4.69, 9.17) is 11.5 Å². The van der Waals surface area contributed by atoms with E-state index in [0.717, 1.165) is 0 Å². The molecule has 0 saturated carbocycles. The quantitative estimate of drug-likeness (QED) is 0.300. The molecule has 1 aliphatic rings. The summed E-state index contributed by atoms with van der Waals surface area (Å²) in [6.07, 6.45) is -0.709. The average Bonchev–Trinajstić information content (AvgIpc) is 1.59. The zero-order valence-corrected chi connectivity index (χ0v) is 4.59. The van der Waals surface area contributed by atoms with Crippen molar-refractivity contribution in [2.75, 3.05) is 0 Å². The predicted octanol–water partition coefficient (Wildman–Crippen LogP) is -2.14. The molecule has 9 heavy (non-hydrogen) atoms. The largest absolute Gasteiger partial charge is 0.369 e. The van der Waals surface area contributed by atoms with Gasteiger partial charge in [-0.2, -0.15) is 0 Å². The Morgan fingerprint density at radius 1 is 1.67 bits per heavy atom. The van der Waals surface area contributed by atoms with Gasteiger partial charge in [-0.05, 0) is 0 Å². The highest BCUT2D eigenvalue weighted by molar-refractivity contribution is 5.97. The molecule has 1 unspecified atom stereocenters. The van der Waals surface area contributed by atoms with Gasteiger partial charge in [0.15, 0.2) is 12.2 Å². The van der Waals surface area contributed by atoms with Crippen molar-refractivity contribution in [2.24, 2.45) is 16.5 Å². The highest BCUT2D eigenvalue weighted by Crippen LogP contribution is 1.80. The number of amides is 2. The number of carbonyl (C=O) groups is 1. The van der Waals surface area contributed by atoms with E-state index in [1.807, 2.05) is 0 Å². The molecule has 50 valence electrons. The van der Waals surface area contributed by atoms with Crippen molar-refractivity contribution in [1.29, 1.82) is 0 Å². The number of nitrogens with one attached hydrogen (secondary N) is 2. The first-order valence-electron chi connectivity index (χ1n) is 2.35. The average molecular weight is 129 g/mol. The van der Waals surface area contributed by atoms with Gasteiger partial charge in [0.25, 0.3) is 0 Å². The number of aliphatic imine (C=N–C) groups is 1. The molecule has 6 nitrogen and oxygen atoms in total. The molecule has 0 aromatic carbocycles. The first-order chi connectivity index (χ1) is 4.18. The molecule has 0 fully saturated rings. The van der Waals surface area contributed by atoms with Crippen molar-refractivity contribution in [3.05, 3.63) is 0 Å². The molecule has 1 heterocycles. The number of urea groups is 1. The van der Waals surface area contributed by atoms with Crippen LogP contribution >= 0.6 is 0 Å². The number of hydrogen-bond acceptors (Lipinski definition) is 4. The van der Waals surface area contributed by atoms with Crippen LogP contribution in [0.25, 0.3) is 0 Å². The Morgan fingerprint density at radius 3 is 2.78 bits per heavy atom. The molecule has 2 amide bonds. The van der Waals surface area contributed by atoms with E-state index < -0.39 is 12.3 Å². The SMILES string of the molecule is NC1=NC(N)NC(=O)N1. The van der Waals surface area contributed by atoms with Crippen LogP contribution in [0.15, 0.2) is 4.99 Å². The summed E-state index contributed by atoms with van der Waals surface area (Å²) < 4.78 is 0. The van der Waals surface area contributed by atoms with E-state index in [9.17, 15) is 4.79 Å². The lowest BCUT2D eigenvalue weighted by atomic mass is 10.7. The van der Waals surface area contributed by atoms with Gasteiger partial charge in [0.05, 0.1) is 0 Å². The van der Waals surface area contributed by atoms with Crippen LogP contribution in [0.2, 0.25) is 0 Å². The van der Waals surface area contributed by atoms with Crippen LogP contribution < -0.4 is 22.1 Å². The van der Waals surface area contributed by atoms with E-state index in [1.165, 1.54) is 0 Å². The van der Waals surface area contributed by atoms with Crippen LogP contribution in [-0.4, -0.2) is 18.3 Å². The second-order valence-corrected chi connectivity index (χ2v) is 1.56. The molecular formula is C3H7N5O. The summed E-state index contributed by atoms with van der Waals surface area (Å²) in [5.74, 6) is 0.0475. The Bertz CT molecular complexity index is 164. The highest BCUT2D eigenvalue weighted by Gasteiger charge is 2.12. The lowest BCUT2D eigenvalue weighted by molar-refractivity contribution is 0.240. The first kappa shape index (κ1) is 5.83. The molecular weight excluding hydrogens is 122 g/mol. The molecule has 0 saturated heterocycles. The van der Waals surface area contributed by atoms with E-state index in [1.54, 1.807) is 0 Å². The fourth-order valence-electron chi connectivity index (χ4n) is 0.501. The van der Waals surface area contributed by atoms with Crippen LogP contribution in [0.3, 0.4) is 0 Å². The Labute approximate surface area is 51.3 Å². The molecule has 6 N–H and O–H groups in total. The number of rotatable bonds is 0. The van der Waals surface area contributed by atoms with Crippen molar-refractivity contribution < 1.29 is 4.79 Å². The minimum absolute atomic E-state index is 0.0475. The summed E-state index contributed by atoms with van der Waals surface area (Å²) in [4.78, 5) is 14.0. The molecule has 1 rings (SSSR count). The zero-order valence-electron chi connectivity index (χ0n) is 4.59. The third-order valence-electron chi connectivity index (χ3n) is 0.799. The molecule has 0 aliphatic carbocycles. The Hall–Kier alpha value is -1.30. The smallest absolute Gasteiger partial charge is 0.324 e. The van der Waals surface area contributed by atoms with Gasteiger partial charge in [0.2, 0.25) is 0 Å². The lowest BCUT2D eigenvalue weighted by Gasteiger charge is -2.16. The van der Waals surface area contributed by atoms with Crippen LogP contribution in [0.5, 0.6) is 0 Å². The van der Waals surface area contributed by atoms with Crippen LogP contribution in [0, 0.1) is 0 Å². The topological polar surface area (TPSA) is 106 Å². The van der Waals surface area contributed by atoms with Crippen LogP contribution in [-0.2, 0) is 0 Å². The van der Waals surface area contributed by atoms with E-state index in [0.29, 0.717) is 0 Å². The molecule has 0 bridgehead atoms. The lowest BCUT2D eigenvalue weighted by Crippen LogP contribution is -2.55. The first-order valence-corrected chi connectivity index (χ1v) is 2.35. The Kier molecular flexibility index (Phi) is 1.23. The Morgan fingerprint density at radius 2 is 2.33 bits per heavy atom. The third kappa shape index (κ3) is 1.29. The summed E-state index contributed by atoms with van der Waals surface area (Å²) >= 11 is 0. The number of hydrogen-bond donors (Lipinski definition) is 4. The van der Waals surface area contributed by atoms with E-state index >= 15 is 0 Å². The Balaban J connectivity index is 2.67. The van der Waals surface area contributed by atoms with Crippen molar-refractivity contribution in [1.82, 2.24) is 10.6 Å². The van der Waals surface area contributed by atoms with Gasteiger partial charge in [-0.25, -0.2) is 9.79 Å². The fourth-order valence-corrected chi connectivity index (χ4v) is 0.501. The number of carbonyl (C=O) groups excluding carboxylic acids is 1. The minimum Gasteiger partial charge on any atom is -0.369 e. The summed E-state index contributed by atoms with van der Waals surface area (Å²) in [5, 5.41) is 4.48. The van der Waals surface area contributed by atoms with Gasteiger partial charge < -0.3 is 11.1 Å². The summed E-state index contributed by atoms with van der Waals surface area (Å²) in [7, 11) is 0. The van der Waals surface area contributed by atoms with Gasteiger partial charge in [0, 0.05) is 0 Å². The third-order valence-corrected chi connectivity index (χ3v) is 0.799. The van der Waals surface area contributed by atoms with Crippen LogP contribution in [0.1, 0.15) is 0 Å². The van der Waals surface area contributed by atoms with Gasteiger partial charge in [-0.15, -0.1) is 0 Å². The summed E-state index contributed by atoms with van der Waals surface area (Å²) in [6, 6.07) is -0.421. The minimum atomic E-state index is -0.709. The van der Waals surface area contributed by atoms with E-state index in [-0.39, 0.29) is 5.96 Å². The van der Waals surface area contributed by atoms with Crippen molar-refractivity contribution in [2.45, 2.75) is 6.29 Å². The maximum absolute atomic E-state index is 10.4. The fraction of sp³-hybridized carbons (Fsp3) is 0.333. The van der Waals surface area contributed by atoms with Crippen molar-refractivity contribution in [3.8, 4) is 0 Å². The molecule has 0 radical (unpaired) electrons. The second-order valence-electron chi connectivity index (χ2n) is 1.56. The maximum Gasteiger partial charge on any atom is 0.324 e. The highest BCUT2D eigenvalue weighted by atomic mass is 16.2. The second kappa shape index (κ2) is 1.90. The van der Waals surface area contributed by atoms with Gasteiger partial charge >= 0.3 is 6.03 Å². The van der Waals surface area contributed by atoms with Crippen molar-refractivity contribution >= 4 is 12.0 Å². The monoisotopic (exact) mass is 129 g/mol. The van der Waals surface area contributed by atoms with Crippen molar-refractivity contribution in [3.63, 3.8) is 0 Å². The summed E-state index contributed by atoms with van der Waals surface area (Å²) in [5.41, 5.74) is 10.3. The summed E-state index contributed by atoms with van der Waals surface area (Å²) in [6.45, 7) is 0. The predicted molar refractivity (Wildman–Crippen MR) is 31.3 cm³/mol. The normalized spacial score (nSPS) is 26.1. The molecule has 1 atom stereocenters. The number of nitrogens with two attached hydrogens (primary N) is 2. The molecule has 0 aromatic rings. The number of nitrogens with zero attached hydrogens (tertiary/aromatic N) is 1. The zero-order chi connectivity index (χ0) is 6.85. The maximum atomic E-state index is 10.4. The van der Waals surface area contributed by atoms with Gasteiger partial charge in [-0.1, -0.05) is 0 Å². The van der Waals surface area contributed by atoms with E-state index in [2.05, 4.69) is 15.6 Å². The molecule has 1 aliphatic heterocycles. The molecule has 0 spiro atoms.